The fourth-order valence-corrected chi connectivity index (χ4v) is 8.40. The summed E-state index contributed by atoms with van der Waals surface area (Å²) in [4.78, 5) is 2.37. The number of hydrogen-bond donors (Lipinski definition) is 0. The van der Waals surface area contributed by atoms with Gasteiger partial charge in [-0.25, -0.2) is 0 Å². The van der Waals surface area contributed by atoms with Gasteiger partial charge in [-0.05, 0) is 100 Å². The highest BCUT2D eigenvalue weighted by Gasteiger charge is 2.19. The highest BCUT2D eigenvalue weighted by atomic mass is 16.3. The third kappa shape index (κ3) is 5.76. The molecule has 0 aliphatic heterocycles. The van der Waals surface area contributed by atoms with E-state index in [1.54, 1.807) is 0 Å². The largest absolute Gasteiger partial charge is 0.456 e. The van der Waals surface area contributed by atoms with Crippen molar-refractivity contribution in [1.82, 2.24) is 4.57 Å². The minimum Gasteiger partial charge on any atom is -0.456 e. The first-order valence-corrected chi connectivity index (χ1v) is 19.4. The van der Waals surface area contributed by atoms with Crippen LogP contribution < -0.4 is 4.90 Å². The van der Waals surface area contributed by atoms with Crippen molar-refractivity contribution in [1.29, 1.82) is 0 Å². The maximum atomic E-state index is 6.23. The van der Waals surface area contributed by atoms with E-state index in [4.69, 9.17) is 4.42 Å². The zero-order valence-corrected chi connectivity index (χ0v) is 31.1. The van der Waals surface area contributed by atoms with E-state index in [9.17, 15) is 0 Å². The number of furan rings is 1. The SMILES string of the molecule is c1ccc(-c2ccc(-c3ccc(N(c4ccc(-c5ccccc5)cc4)c4ccc5c6ccccc6n(-c6ccc7oc8ccccc8c7c6)c5c4)cc3)cc2)cc1. The van der Waals surface area contributed by atoms with E-state index < -0.39 is 0 Å². The molecule has 3 nitrogen and oxygen atoms in total. The van der Waals surface area contributed by atoms with E-state index in [-0.39, 0.29) is 0 Å². The van der Waals surface area contributed by atoms with Crippen molar-refractivity contribution in [2.45, 2.75) is 0 Å². The second kappa shape index (κ2) is 13.6. The minimum atomic E-state index is 0.891. The Hall–Kier alpha value is -7.62. The number of para-hydroxylation sites is 2. The summed E-state index contributed by atoms with van der Waals surface area (Å²) in [5.74, 6) is 0. The zero-order valence-electron chi connectivity index (χ0n) is 31.1. The maximum absolute atomic E-state index is 6.23. The van der Waals surface area contributed by atoms with Gasteiger partial charge in [0.15, 0.2) is 0 Å². The molecule has 2 heterocycles. The molecule has 0 unspecified atom stereocenters. The van der Waals surface area contributed by atoms with Crippen molar-refractivity contribution < 1.29 is 4.42 Å². The van der Waals surface area contributed by atoms with Gasteiger partial charge in [0.25, 0.3) is 0 Å². The third-order valence-electron chi connectivity index (χ3n) is 11.2. The lowest BCUT2D eigenvalue weighted by molar-refractivity contribution is 0.669. The summed E-state index contributed by atoms with van der Waals surface area (Å²) in [6, 6.07) is 78.2. The van der Waals surface area contributed by atoms with Gasteiger partial charge in [-0.2, -0.15) is 0 Å². The Morgan fingerprint density at radius 1 is 0.298 bits per heavy atom. The molecule has 0 radical (unpaired) electrons. The molecular formula is C54H36N2O. The predicted molar refractivity (Wildman–Crippen MR) is 239 cm³/mol. The van der Waals surface area contributed by atoms with E-state index in [1.807, 2.05) is 12.1 Å². The van der Waals surface area contributed by atoms with Gasteiger partial charge in [-0.15, -0.1) is 0 Å². The first kappa shape index (κ1) is 32.8. The normalized spacial score (nSPS) is 11.5. The molecule has 0 saturated heterocycles. The van der Waals surface area contributed by atoms with Crippen LogP contribution in [0.4, 0.5) is 17.1 Å². The van der Waals surface area contributed by atoms with Crippen molar-refractivity contribution in [2.24, 2.45) is 0 Å². The highest BCUT2D eigenvalue weighted by molar-refractivity contribution is 6.11. The summed E-state index contributed by atoms with van der Waals surface area (Å²) in [7, 11) is 0. The number of hydrogen-bond acceptors (Lipinski definition) is 2. The molecule has 0 aliphatic carbocycles. The lowest BCUT2D eigenvalue weighted by Crippen LogP contribution is -2.10. The number of benzene rings is 9. The van der Waals surface area contributed by atoms with Crippen molar-refractivity contribution in [2.75, 3.05) is 4.90 Å². The van der Waals surface area contributed by atoms with E-state index in [0.29, 0.717) is 0 Å². The summed E-state index contributed by atoms with van der Waals surface area (Å²) in [6.07, 6.45) is 0. The van der Waals surface area contributed by atoms with Crippen molar-refractivity contribution in [3.05, 3.63) is 218 Å². The molecule has 57 heavy (non-hydrogen) atoms. The van der Waals surface area contributed by atoms with Crippen molar-refractivity contribution >= 4 is 60.8 Å². The van der Waals surface area contributed by atoms with Gasteiger partial charge in [0.05, 0.1) is 11.0 Å². The van der Waals surface area contributed by atoms with E-state index in [1.165, 1.54) is 49.7 Å². The van der Waals surface area contributed by atoms with Crippen molar-refractivity contribution in [3.8, 4) is 39.1 Å². The van der Waals surface area contributed by atoms with Crippen LogP contribution in [0.3, 0.4) is 0 Å². The molecule has 268 valence electrons. The molecule has 0 aliphatic rings. The van der Waals surface area contributed by atoms with Gasteiger partial charge in [0, 0.05) is 44.3 Å². The molecule has 0 saturated carbocycles. The van der Waals surface area contributed by atoms with Crippen LogP contribution in [0.25, 0.3) is 82.8 Å². The average Bonchev–Trinajstić information content (AvgIpc) is 3.83. The van der Waals surface area contributed by atoms with Gasteiger partial charge in [0.2, 0.25) is 0 Å². The lowest BCUT2D eigenvalue weighted by Gasteiger charge is -2.26. The second-order valence-electron chi connectivity index (χ2n) is 14.6. The Bertz CT molecular complexity index is 3200. The Morgan fingerprint density at radius 3 is 1.37 bits per heavy atom. The van der Waals surface area contributed by atoms with Crippen molar-refractivity contribution in [3.63, 3.8) is 0 Å². The Morgan fingerprint density at radius 2 is 0.754 bits per heavy atom. The summed E-state index contributed by atoms with van der Waals surface area (Å²) in [5.41, 5.74) is 15.6. The Labute approximate surface area is 330 Å². The number of fused-ring (bicyclic) bond motifs is 6. The summed E-state index contributed by atoms with van der Waals surface area (Å²) < 4.78 is 8.63. The fraction of sp³-hybridized carbons (Fsp3) is 0. The maximum Gasteiger partial charge on any atom is 0.135 e. The lowest BCUT2D eigenvalue weighted by atomic mass is 10.00. The molecule has 0 atom stereocenters. The molecule has 3 heteroatoms. The first-order chi connectivity index (χ1) is 28.2. The number of nitrogens with zero attached hydrogens (tertiary/aromatic N) is 2. The highest BCUT2D eigenvalue weighted by Crippen LogP contribution is 2.41. The van der Waals surface area contributed by atoms with Gasteiger partial charge in [0.1, 0.15) is 11.2 Å². The van der Waals surface area contributed by atoms with Crippen LogP contribution in [0.5, 0.6) is 0 Å². The summed E-state index contributed by atoms with van der Waals surface area (Å²) >= 11 is 0. The summed E-state index contributed by atoms with van der Waals surface area (Å²) in [6.45, 7) is 0. The molecular weight excluding hydrogens is 693 g/mol. The van der Waals surface area contributed by atoms with Crippen LogP contribution in [0.2, 0.25) is 0 Å². The predicted octanol–water partition coefficient (Wildman–Crippen LogP) is 15.2. The first-order valence-electron chi connectivity index (χ1n) is 19.4. The van der Waals surface area contributed by atoms with Crippen LogP contribution in [-0.4, -0.2) is 4.57 Å². The van der Waals surface area contributed by atoms with Crippen LogP contribution in [0.1, 0.15) is 0 Å². The third-order valence-corrected chi connectivity index (χ3v) is 11.2. The molecule has 0 fully saturated rings. The monoisotopic (exact) mass is 728 g/mol. The second-order valence-corrected chi connectivity index (χ2v) is 14.6. The molecule has 0 bridgehead atoms. The molecule has 2 aromatic heterocycles. The van der Waals surface area contributed by atoms with Crippen LogP contribution in [-0.2, 0) is 0 Å². The van der Waals surface area contributed by atoms with E-state index >= 15 is 0 Å². The van der Waals surface area contributed by atoms with Crippen LogP contribution >= 0.6 is 0 Å². The van der Waals surface area contributed by atoms with Gasteiger partial charge < -0.3 is 13.9 Å². The molecule has 11 rings (SSSR count). The Kier molecular flexibility index (Phi) is 7.82. The molecule has 0 N–H and O–H groups in total. The van der Waals surface area contributed by atoms with Crippen LogP contribution in [0, 0.1) is 0 Å². The quantitative estimate of drug-likeness (QED) is 0.163. The molecule has 0 spiro atoms. The number of aromatic nitrogens is 1. The fourth-order valence-electron chi connectivity index (χ4n) is 8.40. The molecule has 11 aromatic rings. The van der Waals surface area contributed by atoms with E-state index in [2.05, 4.69) is 216 Å². The molecule has 0 amide bonds. The van der Waals surface area contributed by atoms with Gasteiger partial charge in [-0.3, -0.25) is 0 Å². The van der Waals surface area contributed by atoms with Gasteiger partial charge >= 0.3 is 0 Å². The Balaban J connectivity index is 1.05. The minimum absolute atomic E-state index is 0.891. The number of rotatable bonds is 7. The zero-order chi connectivity index (χ0) is 37.7. The smallest absolute Gasteiger partial charge is 0.135 e. The number of anilines is 3. The van der Waals surface area contributed by atoms with Crippen LogP contribution in [0.15, 0.2) is 223 Å². The summed E-state index contributed by atoms with van der Waals surface area (Å²) in [5, 5.41) is 4.66. The topological polar surface area (TPSA) is 21.3 Å². The average molecular weight is 729 g/mol. The molecule has 9 aromatic carbocycles. The standard InChI is InChI=1S/C54H36N2O/c1-3-11-37(12-4-1)39-19-21-40(22-20-39)42-25-29-44(30-26-42)55(43-27-23-41(24-28-43)38-13-5-2-6-14-38)46-31-33-48-47-15-7-9-17-51(47)56(52(48)36-46)45-32-34-54-50(35-45)49-16-8-10-18-53(49)57-54/h1-36H. The van der Waals surface area contributed by atoms with E-state index in [0.717, 1.165) is 50.2 Å². The van der Waals surface area contributed by atoms with Gasteiger partial charge in [-0.1, -0.05) is 152 Å².